The number of morpholine rings is 1. The van der Waals surface area contributed by atoms with Crippen LogP contribution < -0.4 is 4.74 Å². The van der Waals surface area contributed by atoms with Gasteiger partial charge in [0.2, 0.25) is 5.88 Å². The highest BCUT2D eigenvalue weighted by Gasteiger charge is 2.29. The molecule has 0 atom stereocenters. The summed E-state index contributed by atoms with van der Waals surface area (Å²) in [6, 6.07) is 15.9. The Morgan fingerprint density at radius 2 is 1.69 bits per heavy atom. The fourth-order valence-electron chi connectivity index (χ4n) is 4.86. The maximum absolute atomic E-state index is 13.5. The molecule has 0 aliphatic carbocycles. The number of amides is 1. The summed E-state index contributed by atoms with van der Waals surface area (Å²) in [7, 11) is 0. The second-order valence-corrected chi connectivity index (χ2v) is 9.23. The molecule has 182 valence electrons. The van der Waals surface area contributed by atoms with Gasteiger partial charge in [0, 0.05) is 56.6 Å². The number of rotatable bonds is 6. The number of benzene rings is 2. The van der Waals surface area contributed by atoms with Crippen LogP contribution in [0.25, 0.3) is 0 Å². The van der Waals surface area contributed by atoms with Gasteiger partial charge in [0.25, 0.3) is 5.91 Å². The van der Waals surface area contributed by atoms with Crippen LogP contribution in [-0.2, 0) is 11.3 Å². The van der Waals surface area contributed by atoms with Crippen LogP contribution in [0, 0.1) is 6.92 Å². The molecular formula is C28H32N4O3. The van der Waals surface area contributed by atoms with E-state index in [1.807, 2.05) is 54.3 Å². The first-order chi connectivity index (χ1) is 17.2. The summed E-state index contributed by atoms with van der Waals surface area (Å²) in [5.74, 6) is 1.67. The van der Waals surface area contributed by atoms with Gasteiger partial charge < -0.3 is 14.4 Å². The molecular weight excluding hydrogens is 440 g/mol. The van der Waals surface area contributed by atoms with E-state index < -0.39 is 0 Å². The van der Waals surface area contributed by atoms with Gasteiger partial charge in [-0.2, -0.15) is 0 Å². The standard InChI is InChI=1S/C28H32N4O3/c1-21-6-2-5-9-25(21)35-27-26(29-12-13-30-27)22-10-14-32(15-11-22)28(33)24-8-4-3-7-23(24)20-31-16-18-34-19-17-31/h2-9,12-13,22H,10-11,14-20H2,1H3. The number of nitrogens with zero attached hydrogens (tertiary/aromatic N) is 4. The van der Waals surface area contributed by atoms with Crippen molar-refractivity contribution in [1.29, 1.82) is 0 Å². The minimum absolute atomic E-state index is 0.114. The normalized spacial score (nSPS) is 17.3. The van der Waals surface area contributed by atoms with E-state index in [4.69, 9.17) is 9.47 Å². The molecule has 7 heteroatoms. The van der Waals surface area contributed by atoms with Gasteiger partial charge in [-0.1, -0.05) is 36.4 Å². The van der Waals surface area contributed by atoms with Crippen molar-refractivity contribution < 1.29 is 14.3 Å². The molecule has 0 bridgehead atoms. The van der Waals surface area contributed by atoms with Gasteiger partial charge in [-0.3, -0.25) is 14.7 Å². The lowest BCUT2D eigenvalue weighted by atomic mass is 9.92. The average molecular weight is 473 g/mol. The highest BCUT2D eigenvalue weighted by atomic mass is 16.5. The van der Waals surface area contributed by atoms with E-state index in [-0.39, 0.29) is 11.8 Å². The minimum atomic E-state index is 0.114. The molecule has 0 N–H and O–H groups in total. The van der Waals surface area contributed by atoms with E-state index in [1.165, 1.54) is 0 Å². The zero-order valence-electron chi connectivity index (χ0n) is 20.2. The van der Waals surface area contributed by atoms with Gasteiger partial charge >= 0.3 is 0 Å². The Labute approximate surface area is 206 Å². The molecule has 2 aromatic carbocycles. The van der Waals surface area contributed by atoms with Crippen molar-refractivity contribution in [3.8, 4) is 11.6 Å². The largest absolute Gasteiger partial charge is 0.437 e. The van der Waals surface area contributed by atoms with E-state index >= 15 is 0 Å². The molecule has 3 aromatic rings. The third-order valence-corrected chi connectivity index (χ3v) is 6.91. The second kappa shape index (κ2) is 11.0. The third kappa shape index (κ3) is 5.52. The van der Waals surface area contributed by atoms with Gasteiger partial charge in [0.1, 0.15) is 11.4 Å². The Balaban J connectivity index is 1.25. The Hall–Kier alpha value is -3.29. The molecule has 35 heavy (non-hydrogen) atoms. The van der Waals surface area contributed by atoms with Gasteiger partial charge in [-0.25, -0.2) is 4.98 Å². The maximum Gasteiger partial charge on any atom is 0.254 e. The number of aromatic nitrogens is 2. The van der Waals surface area contributed by atoms with Crippen LogP contribution in [0.5, 0.6) is 11.6 Å². The van der Waals surface area contributed by atoms with Gasteiger partial charge in [0.05, 0.1) is 13.2 Å². The number of likely N-dealkylation sites (tertiary alicyclic amines) is 1. The van der Waals surface area contributed by atoms with Crippen LogP contribution in [0.2, 0.25) is 0 Å². The topological polar surface area (TPSA) is 67.8 Å². The summed E-state index contributed by atoms with van der Waals surface area (Å²) in [5, 5.41) is 0. The molecule has 0 saturated carbocycles. The number of piperidine rings is 1. The lowest BCUT2D eigenvalue weighted by Crippen LogP contribution is -2.39. The van der Waals surface area contributed by atoms with E-state index in [0.29, 0.717) is 19.0 Å². The molecule has 1 aromatic heterocycles. The van der Waals surface area contributed by atoms with Crippen LogP contribution >= 0.6 is 0 Å². The Morgan fingerprint density at radius 3 is 2.49 bits per heavy atom. The lowest BCUT2D eigenvalue weighted by molar-refractivity contribution is 0.0339. The van der Waals surface area contributed by atoms with Crippen molar-refractivity contribution in [2.24, 2.45) is 0 Å². The summed E-state index contributed by atoms with van der Waals surface area (Å²) in [6.45, 7) is 7.49. The van der Waals surface area contributed by atoms with Crippen LogP contribution in [-0.4, -0.2) is 65.1 Å². The number of hydrogen-bond donors (Lipinski definition) is 0. The van der Waals surface area contributed by atoms with Crippen LogP contribution in [0.3, 0.4) is 0 Å². The SMILES string of the molecule is Cc1ccccc1Oc1nccnc1C1CCN(C(=O)c2ccccc2CN2CCOCC2)CC1. The molecule has 2 fully saturated rings. The zero-order chi connectivity index (χ0) is 24.0. The molecule has 2 saturated heterocycles. The number of para-hydroxylation sites is 1. The van der Waals surface area contributed by atoms with E-state index in [1.54, 1.807) is 12.4 Å². The number of ether oxygens (including phenoxy) is 2. The smallest absolute Gasteiger partial charge is 0.254 e. The van der Waals surface area contributed by atoms with Crippen LogP contribution in [0.15, 0.2) is 60.9 Å². The van der Waals surface area contributed by atoms with Gasteiger partial charge in [-0.15, -0.1) is 0 Å². The highest BCUT2D eigenvalue weighted by Crippen LogP contribution is 2.34. The number of aryl methyl sites for hydroxylation is 1. The molecule has 2 aliphatic heterocycles. The molecule has 1 amide bonds. The van der Waals surface area contributed by atoms with E-state index in [2.05, 4.69) is 20.9 Å². The van der Waals surface area contributed by atoms with Crippen LogP contribution in [0.4, 0.5) is 0 Å². The van der Waals surface area contributed by atoms with E-state index in [9.17, 15) is 4.79 Å². The maximum atomic E-state index is 13.5. The molecule has 0 spiro atoms. The highest BCUT2D eigenvalue weighted by molar-refractivity contribution is 5.95. The quantitative estimate of drug-likeness (QED) is 0.529. The summed E-state index contributed by atoms with van der Waals surface area (Å²) in [6.07, 6.45) is 5.06. The zero-order valence-corrected chi connectivity index (χ0v) is 20.2. The summed E-state index contributed by atoms with van der Waals surface area (Å²) >= 11 is 0. The fourth-order valence-corrected chi connectivity index (χ4v) is 4.86. The van der Waals surface area contributed by atoms with Crippen molar-refractivity contribution in [3.05, 3.63) is 83.3 Å². The minimum Gasteiger partial charge on any atom is -0.437 e. The van der Waals surface area contributed by atoms with Gasteiger partial charge in [0.15, 0.2) is 0 Å². The van der Waals surface area contributed by atoms with Gasteiger partial charge in [-0.05, 0) is 43.0 Å². The Morgan fingerprint density at radius 1 is 0.971 bits per heavy atom. The van der Waals surface area contributed by atoms with Crippen molar-refractivity contribution in [3.63, 3.8) is 0 Å². The monoisotopic (exact) mass is 472 g/mol. The Bertz CT molecular complexity index is 1150. The Kier molecular flexibility index (Phi) is 7.35. The molecule has 2 aliphatic rings. The first-order valence-electron chi connectivity index (χ1n) is 12.4. The fraction of sp³-hybridized carbons (Fsp3) is 0.393. The summed E-state index contributed by atoms with van der Waals surface area (Å²) in [5.41, 5.74) is 3.82. The van der Waals surface area contributed by atoms with Crippen molar-refractivity contribution in [2.75, 3.05) is 39.4 Å². The molecule has 7 nitrogen and oxygen atoms in total. The van der Waals surface area contributed by atoms with Crippen molar-refractivity contribution in [2.45, 2.75) is 32.2 Å². The lowest BCUT2D eigenvalue weighted by Gasteiger charge is -2.33. The van der Waals surface area contributed by atoms with E-state index in [0.717, 1.165) is 73.8 Å². The first kappa shape index (κ1) is 23.5. The second-order valence-electron chi connectivity index (χ2n) is 9.23. The van der Waals surface area contributed by atoms with Crippen molar-refractivity contribution >= 4 is 5.91 Å². The third-order valence-electron chi connectivity index (χ3n) is 6.91. The van der Waals surface area contributed by atoms with Crippen LogP contribution in [0.1, 0.15) is 45.9 Å². The predicted octanol–water partition coefficient (Wildman–Crippen LogP) is 4.43. The summed E-state index contributed by atoms with van der Waals surface area (Å²) in [4.78, 5) is 26.9. The summed E-state index contributed by atoms with van der Waals surface area (Å²) < 4.78 is 11.6. The molecule has 0 radical (unpaired) electrons. The average Bonchev–Trinajstić information content (AvgIpc) is 2.91. The molecule has 0 unspecified atom stereocenters. The number of carbonyl (C=O) groups is 1. The number of carbonyl (C=O) groups excluding carboxylic acids is 1. The van der Waals surface area contributed by atoms with Crippen molar-refractivity contribution in [1.82, 2.24) is 19.8 Å². The molecule has 3 heterocycles. The molecule has 5 rings (SSSR count). The first-order valence-corrected chi connectivity index (χ1v) is 12.4. The predicted molar refractivity (Wildman–Crippen MR) is 134 cm³/mol. The number of hydrogen-bond acceptors (Lipinski definition) is 6.